The minimum absolute atomic E-state index is 0.406. The Kier molecular flexibility index (Phi) is 11.3. The van der Waals surface area contributed by atoms with Gasteiger partial charge in [0.15, 0.2) is 0 Å². The first-order chi connectivity index (χ1) is 32.0. The summed E-state index contributed by atoms with van der Waals surface area (Å²) in [6.45, 7) is 0. The number of hydrogen-bond acceptors (Lipinski definition) is 10. The quantitative estimate of drug-likeness (QED) is 0.116. The van der Waals surface area contributed by atoms with Crippen LogP contribution in [0.5, 0.6) is 0 Å². The van der Waals surface area contributed by atoms with Crippen LogP contribution in [0.15, 0.2) is 167 Å². The van der Waals surface area contributed by atoms with Crippen LogP contribution in [0, 0.1) is 0 Å². The SMILES string of the molecule is COC(=O)c1ccc(C2=C3C=CC(=N3)C(c3ccc(C(=O)OC)cc3)=c3ccc(n3C)=C(c3ccc(C(=O)OC)cc3)C3=NC(=C(c4ccc(C(=O)OC)cc4)c4cc2cn4C)C=C3)cc1. The van der Waals surface area contributed by atoms with Gasteiger partial charge >= 0.3 is 23.9 Å². The number of carbonyl (C=O) groups is 4. The van der Waals surface area contributed by atoms with Gasteiger partial charge in [-0.1, -0.05) is 48.5 Å². The van der Waals surface area contributed by atoms with Crippen molar-refractivity contribution in [2.24, 2.45) is 24.1 Å². The van der Waals surface area contributed by atoms with Gasteiger partial charge < -0.3 is 28.1 Å². The van der Waals surface area contributed by atoms with E-state index in [-0.39, 0.29) is 0 Å². The lowest BCUT2D eigenvalue weighted by molar-refractivity contribution is 0.0592. The van der Waals surface area contributed by atoms with E-state index in [2.05, 4.69) is 10.6 Å². The monoisotopic (exact) mass is 874 g/mol. The number of benzene rings is 4. The lowest BCUT2D eigenvalue weighted by Crippen LogP contribution is -2.30. The normalized spacial score (nSPS) is 14.0. The molecule has 0 fully saturated rings. The molecule has 0 spiro atoms. The summed E-state index contributed by atoms with van der Waals surface area (Å²) in [4.78, 5) is 61.0. The maximum atomic E-state index is 12.6. The van der Waals surface area contributed by atoms with Crippen molar-refractivity contribution >= 4 is 57.6 Å². The summed E-state index contributed by atoms with van der Waals surface area (Å²) in [5, 5.41) is 1.65. The molecule has 0 saturated carbocycles. The van der Waals surface area contributed by atoms with Crippen LogP contribution < -0.4 is 10.7 Å². The summed E-state index contributed by atoms with van der Waals surface area (Å²) in [7, 11) is 9.36. The molecule has 326 valence electrons. The molecule has 0 saturated heterocycles. The molecule has 0 unspecified atom stereocenters. The second-order valence-corrected chi connectivity index (χ2v) is 15.6. The van der Waals surface area contributed by atoms with Gasteiger partial charge in [0.1, 0.15) is 0 Å². The molecule has 12 heteroatoms. The number of allylic oxidation sites excluding steroid dienone is 4. The van der Waals surface area contributed by atoms with Gasteiger partial charge in [-0.25, -0.2) is 29.2 Å². The van der Waals surface area contributed by atoms with E-state index in [0.29, 0.717) is 45.1 Å². The molecule has 9 rings (SSSR count). The number of fused-ring (bicyclic) bond motifs is 6. The van der Waals surface area contributed by atoms with Crippen LogP contribution in [-0.2, 0) is 33.0 Å². The largest absolute Gasteiger partial charge is 0.465 e. The standard InChI is InChI=1S/C54H42N4O8/c1-57-30-39-29-46(57)50(34-13-21-38(22-14-34)54(62)66-6)43-26-25-42(56-43)49(33-11-19-37(20-12-33)53(61)65-5)45-28-27-44(58(45)2)48(32-9-17-36(18-10-32)52(60)64-4)41-24-23-40(55-41)47(39)31-7-15-35(16-8-31)51(59)63-3/h7-30H,1-6H3. The molecule has 12 nitrogen and oxygen atoms in total. The molecule has 66 heavy (non-hydrogen) atoms. The summed E-state index contributed by atoms with van der Waals surface area (Å²) in [5.74, 6) is -1.79. The Morgan fingerprint density at radius 1 is 0.409 bits per heavy atom. The van der Waals surface area contributed by atoms with Gasteiger partial charge in [-0.2, -0.15) is 0 Å². The molecule has 8 bridgehead atoms. The number of methoxy groups -OCH3 is 4. The number of hydrogen-bond donors (Lipinski definition) is 0. The smallest absolute Gasteiger partial charge is 0.337 e. The van der Waals surface area contributed by atoms with Gasteiger partial charge in [0.05, 0.1) is 89.9 Å². The lowest BCUT2D eigenvalue weighted by Gasteiger charge is -2.13. The molecule has 3 aliphatic heterocycles. The van der Waals surface area contributed by atoms with E-state index in [1.807, 2.05) is 110 Å². The van der Waals surface area contributed by atoms with Crippen molar-refractivity contribution in [1.29, 1.82) is 0 Å². The van der Waals surface area contributed by atoms with E-state index in [0.717, 1.165) is 66.5 Å². The van der Waals surface area contributed by atoms with Crippen molar-refractivity contribution in [2.75, 3.05) is 28.4 Å². The van der Waals surface area contributed by atoms with Gasteiger partial charge in [0.25, 0.3) is 0 Å². The summed E-state index contributed by atoms with van der Waals surface area (Å²) >= 11 is 0. The molecular formula is C54H42N4O8. The lowest BCUT2D eigenvalue weighted by atomic mass is 9.95. The van der Waals surface area contributed by atoms with Gasteiger partial charge in [0, 0.05) is 48.1 Å². The zero-order valence-corrected chi connectivity index (χ0v) is 36.9. The zero-order valence-electron chi connectivity index (χ0n) is 36.9. The predicted molar refractivity (Wildman–Crippen MR) is 251 cm³/mol. The fourth-order valence-electron chi connectivity index (χ4n) is 8.55. The van der Waals surface area contributed by atoms with Crippen molar-refractivity contribution in [2.45, 2.75) is 0 Å². The number of aromatic nitrogens is 2. The highest BCUT2D eigenvalue weighted by molar-refractivity contribution is 6.32. The second kappa shape index (κ2) is 17.5. The van der Waals surface area contributed by atoms with E-state index >= 15 is 0 Å². The molecule has 0 aliphatic carbocycles. The number of rotatable bonds is 8. The Morgan fingerprint density at radius 2 is 0.742 bits per heavy atom. The molecule has 2 aromatic heterocycles. The van der Waals surface area contributed by atoms with Crippen molar-refractivity contribution in [1.82, 2.24) is 9.13 Å². The van der Waals surface area contributed by atoms with Crippen LogP contribution in [0.4, 0.5) is 0 Å². The van der Waals surface area contributed by atoms with E-state index in [9.17, 15) is 19.2 Å². The first kappa shape index (κ1) is 42.7. The minimum atomic E-state index is -0.448. The predicted octanol–water partition coefficient (Wildman–Crippen LogP) is 7.16. The first-order valence-electron chi connectivity index (χ1n) is 20.9. The summed E-state index contributed by atoms with van der Waals surface area (Å²) in [5.41, 5.74) is 12.4. The van der Waals surface area contributed by atoms with Gasteiger partial charge in [-0.05, 0) is 113 Å². The molecule has 0 atom stereocenters. The number of carbonyl (C=O) groups excluding carboxylic acids is 4. The number of ether oxygens (including phenoxy) is 4. The summed E-state index contributed by atoms with van der Waals surface area (Å²) in [6, 6.07) is 35.1. The molecule has 0 radical (unpaired) electrons. The fourth-order valence-corrected chi connectivity index (χ4v) is 8.55. The van der Waals surface area contributed by atoms with E-state index in [1.54, 1.807) is 48.5 Å². The fraction of sp³-hybridized carbons (Fsp3) is 0.111. The second-order valence-electron chi connectivity index (χ2n) is 15.6. The third-order valence-corrected chi connectivity index (χ3v) is 11.9. The van der Waals surface area contributed by atoms with Crippen LogP contribution >= 0.6 is 0 Å². The average molecular weight is 875 g/mol. The van der Waals surface area contributed by atoms with Crippen LogP contribution in [0.25, 0.3) is 22.3 Å². The van der Waals surface area contributed by atoms with E-state index < -0.39 is 23.9 Å². The van der Waals surface area contributed by atoms with Crippen molar-refractivity contribution in [3.8, 4) is 0 Å². The van der Waals surface area contributed by atoms with Crippen LogP contribution in [0.1, 0.15) is 74.9 Å². The minimum Gasteiger partial charge on any atom is -0.465 e. The van der Waals surface area contributed by atoms with Crippen LogP contribution in [0.2, 0.25) is 0 Å². The molecule has 0 amide bonds. The maximum Gasteiger partial charge on any atom is 0.337 e. The van der Waals surface area contributed by atoms with Crippen LogP contribution in [-0.4, -0.2) is 72.9 Å². The average Bonchev–Trinajstić information content (AvgIpc) is 4.18. The Morgan fingerprint density at radius 3 is 1.11 bits per heavy atom. The Labute approximate surface area is 379 Å². The number of aryl methyl sites for hydroxylation is 1. The maximum absolute atomic E-state index is 12.6. The van der Waals surface area contributed by atoms with Crippen molar-refractivity contribution < 1.29 is 38.1 Å². The molecule has 6 aromatic rings. The first-order valence-corrected chi connectivity index (χ1v) is 20.9. The van der Waals surface area contributed by atoms with Crippen molar-refractivity contribution in [3.63, 3.8) is 0 Å². The van der Waals surface area contributed by atoms with E-state index in [1.165, 1.54) is 28.4 Å². The number of esters is 4. The number of aliphatic imine (C=N–C) groups is 2. The Bertz CT molecular complexity index is 3340. The van der Waals surface area contributed by atoms with Gasteiger partial charge in [-0.15, -0.1) is 0 Å². The van der Waals surface area contributed by atoms with Crippen molar-refractivity contribution in [3.05, 3.63) is 224 Å². The molecule has 3 aliphatic rings. The van der Waals surface area contributed by atoms with Gasteiger partial charge in [0.2, 0.25) is 0 Å². The number of nitrogens with zero attached hydrogens (tertiary/aromatic N) is 4. The highest BCUT2D eigenvalue weighted by atomic mass is 16.5. The Balaban J connectivity index is 1.40. The highest BCUT2D eigenvalue weighted by Crippen LogP contribution is 2.38. The molecule has 0 N–H and O–H groups in total. The molecule has 4 aromatic carbocycles. The molecular weight excluding hydrogens is 833 g/mol. The van der Waals surface area contributed by atoms with Gasteiger partial charge in [-0.3, -0.25) is 0 Å². The summed E-state index contributed by atoms with van der Waals surface area (Å²) < 4.78 is 24.2. The summed E-state index contributed by atoms with van der Waals surface area (Å²) in [6.07, 6.45) is 9.97. The molecule has 5 heterocycles. The van der Waals surface area contributed by atoms with Crippen LogP contribution in [0.3, 0.4) is 0 Å². The zero-order chi connectivity index (χ0) is 46.2. The third-order valence-electron chi connectivity index (χ3n) is 11.9. The van der Waals surface area contributed by atoms with E-state index in [4.69, 9.17) is 28.9 Å². The Hall–Kier alpha value is -8.64. The third kappa shape index (κ3) is 7.64. The highest BCUT2D eigenvalue weighted by Gasteiger charge is 2.26. The topological polar surface area (TPSA) is 140 Å².